The van der Waals surface area contributed by atoms with Crippen LogP contribution in [0.15, 0.2) is 41.2 Å². The molecule has 2 aromatic carbocycles. The van der Waals surface area contributed by atoms with Crippen molar-refractivity contribution in [2.24, 2.45) is 5.92 Å². The van der Waals surface area contributed by atoms with Crippen molar-refractivity contribution in [3.05, 3.63) is 52.4 Å². The number of hydrogen-bond donors (Lipinski definition) is 5. The summed E-state index contributed by atoms with van der Waals surface area (Å²) in [5.41, 5.74) is 3.31. The summed E-state index contributed by atoms with van der Waals surface area (Å²) in [4.78, 5) is 41.5. The highest BCUT2D eigenvalue weighted by molar-refractivity contribution is 6.02. The van der Waals surface area contributed by atoms with Crippen molar-refractivity contribution in [1.82, 2.24) is 14.9 Å². The monoisotopic (exact) mass is 507 g/mol. The second-order valence-corrected chi connectivity index (χ2v) is 10.0. The van der Waals surface area contributed by atoms with Gasteiger partial charge in [-0.15, -0.1) is 0 Å². The Morgan fingerprint density at radius 2 is 1.86 bits per heavy atom. The van der Waals surface area contributed by atoms with Crippen molar-refractivity contribution >= 4 is 34.2 Å². The van der Waals surface area contributed by atoms with Crippen molar-refractivity contribution < 1.29 is 19.4 Å². The van der Waals surface area contributed by atoms with E-state index < -0.39 is 12.1 Å². The number of carbonyl (C=O) groups excluding carboxylic acids is 2. The number of ether oxygens (including phenoxy) is 1. The van der Waals surface area contributed by atoms with Gasteiger partial charge in [0, 0.05) is 30.3 Å². The lowest BCUT2D eigenvalue weighted by Crippen LogP contribution is -2.35. The number of para-hydroxylation sites is 1. The number of H-pyrrole nitrogens is 1. The van der Waals surface area contributed by atoms with Crippen LogP contribution in [-0.2, 0) is 9.59 Å². The minimum Gasteiger partial charge on any atom is -0.496 e. The zero-order valence-electron chi connectivity index (χ0n) is 21.0. The molecule has 10 heteroatoms. The zero-order valence-corrected chi connectivity index (χ0v) is 21.0. The van der Waals surface area contributed by atoms with E-state index in [9.17, 15) is 19.5 Å². The van der Waals surface area contributed by atoms with E-state index in [2.05, 4.69) is 20.9 Å². The Morgan fingerprint density at radius 3 is 2.57 bits per heavy atom. The van der Waals surface area contributed by atoms with Crippen molar-refractivity contribution in [2.75, 3.05) is 24.3 Å². The van der Waals surface area contributed by atoms with E-state index in [1.807, 2.05) is 37.3 Å². The number of methoxy groups -OCH3 is 1. The number of β-amino-alcohol motifs (C(OH)–C–C–N with tert-alkyl or cyclic N) is 1. The van der Waals surface area contributed by atoms with E-state index >= 15 is 0 Å². The highest BCUT2D eigenvalue weighted by Gasteiger charge is 2.31. The molecule has 37 heavy (non-hydrogen) atoms. The summed E-state index contributed by atoms with van der Waals surface area (Å²) in [7, 11) is 1.61. The summed E-state index contributed by atoms with van der Waals surface area (Å²) < 4.78 is 7.10. The van der Waals surface area contributed by atoms with E-state index in [0.717, 1.165) is 16.8 Å². The molecule has 1 saturated carbocycles. The molecule has 196 valence electrons. The molecule has 2 atom stereocenters. The van der Waals surface area contributed by atoms with Crippen LogP contribution >= 0.6 is 0 Å². The van der Waals surface area contributed by atoms with Gasteiger partial charge in [0.15, 0.2) is 0 Å². The SMILES string of the molecule is COc1cc(NC(=O)[C@H]2CC[C@@H](n3c(=O)[nH]c4c(NC(=O)[C@@H]5C[C@@H](O)CN5)cccc43)CC2)ccc1C. The van der Waals surface area contributed by atoms with Crippen LogP contribution in [0.5, 0.6) is 5.75 Å². The van der Waals surface area contributed by atoms with Crippen LogP contribution in [-0.4, -0.2) is 52.3 Å². The van der Waals surface area contributed by atoms with Crippen LogP contribution in [0.1, 0.15) is 43.7 Å². The fourth-order valence-electron chi connectivity index (χ4n) is 5.49. The number of benzene rings is 2. The Bertz CT molecular complexity index is 1370. The molecule has 0 bridgehead atoms. The predicted octanol–water partition coefficient (Wildman–Crippen LogP) is 2.68. The zero-order chi connectivity index (χ0) is 26.1. The first kappa shape index (κ1) is 25.0. The second kappa shape index (κ2) is 10.4. The average Bonchev–Trinajstić information content (AvgIpc) is 3.48. The Hall–Kier alpha value is -3.63. The molecule has 2 amide bonds. The van der Waals surface area contributed by atoms with Gasteiger partial charge in [0.2, 0.25) is 11.8 Å². The van der Waals surface area contributed by atoms with Gasteiger partial charge in [-0.1, -0.05) is 12.1 Å². The number of carbonyl (C=O) groups is 2. The predicted molar refractivity (Wildman–Crippen MR) is 141 cm³/mol. The van der Waals surface area contributed by atoms with Crippen molar-refractivity contribution in [1.29, 1.82) is 0 Å². The lowest BCUT2D eigenvalue weighted by atomic mass is 9.85. The molecule has 1 aliphatic heterocycles. The summed E-state index contributed by atoms with van der Waals surface area (Å²) in [6, 6.07) is 10.5. The van der Waals surface area contributed by atoms with E-state index in [1.165, 1.54) is 0 Å². The lowest BCUT2D eigenvalue weighted by Gasteiger charge is -2.28. The van der Waals surface area contributed by atoms with Crippen LogP contribution < -0.4 is 26.4 Å². The summed E-state index contributed by atoms with van der Waals surface area (Å²) in [6.45, 7) is 2.34. The fourth-order valence-corrected chi connectivity index (χ4v) is 5.49. The van der Waals surface area contributed by atoms with Gasteiger partial charge in [0.25, 0.3) is 0 Å². The first-order valence-electron chi connectivity index (χ1n) is 12.7. The number of aromatic amines is 1. The van der Waals surface area contributed by atoms with Gasteiger partial charge < -0.3 is 30.8 Å². The molecular weight excluding hydrogens is 474 g/mol. The maximum absolute atomic E-state index is 13.0. The summed E-state index contributed by atoms with van der Waals surface area (Å²) in [5.74, 6) is 0.336. The molecule has 1 saturated heterocycles. The summed E-state index contributed by atoms with van der Waals surface area (Å²) in [6.07, 6.45) is 2.55. The van der Waals surface area contributed by atoms with E-state index in [1.54, 1.807) is 17.7 Å². The first-order valence-corrected chi connectivity index (χ1v) is 12.7. The van der Waals surface area contributed by atoms with Crippen molar-refractivity contribution in [3.63, 3.8) is 0 Å². The lowest BCUT2D eigenvalue weighted by molar-refractivity contribution is -0.121. The smallest absolute Gasteiger partial charge is 0.326 e. The van der Waals surface area contributed by atoms with Gasteiger partial charge in [-0.25, -0.2) is 4.79 Å². The van der Waals surface area contributed by atoms with Crippen LogP contribution in [0.25, 0.3) is 11.0 Å². The molecule has 5 N–H and O–H groups in total. The summed E-state index contributed by atoms with van der Waals surface area (Å²) >= 11 is 0. The number of imidazole rings is 1. The molecule has 0 radical (unpaired) electrons. The Balaban J connectivity index is 1.26. The van der Waals surface area contributed by atoms with E-state index in [-0.39, 0.29) is 29.5 Å². The van der Waals surface area contributed by atoms with E-state index in [0.29, 0.717) is 55.5 Å². The van der Waals surface area contributed by atoms with Crippen LogP contribution in [0.3, 0.4) is 0 Å². The van der Waals surface area contributed by atoms with Crippen molar-refractivity contribution in [2.45, 2.75) is 57.2 Å². The number of aryl methyl sites for hydroxylation is 1. The number of nitrogens with zero attached hydrogens (tertiary/aromatic N) is 1. The third-order valence-electron chi connectivity index (χ3n) is 7.54. The minimum atomic E-state index is -0.538. The highest BCUT2D eigenvalue weighted by Crippen LogP contribution is 2.35. The number of hydrogen-bond acceptors (Lipinski definition) is 6. The third kappa shape index (κ3) is 5.12. The molecule has 1 aromatic heterocycles. The number of anilines is 2. The maximum Gasteiger partial charge on any atom is 0.326 e. The quantitative estimate of drug-likeness (QED) is 0.348. The Morgan fingerprint density at radius 1 is 1.08 bits per heavy atom. The van der Waals surface area contributed by atoms with Gasteiger partial charge >= 0.3 is 5.69 Å². The minimum absolute atomic E-state index is 0.0220. The topological polar surface area (TPSA) is 137 Å². The number of nitrogens with one attached hydrogen (secondary N) is 4. The number of aromatic nitrogens is 2. The largest absolute Gasteiger partial charge is 0.496 e. The molecule has 1 aliphatic carbocycles. The third-order valence-corrected chi connectivity index (χ3v) is 7.54. The number of aliphatic hydroxyl groups excluding tert-OH is 1. The maximum atomic E-state index is 13.0. The molecule has 3 aromatic rings. The van der Waals surface area contributed by atoms with Crippen molar-refractivity contribution in [3.8, 4) is 5.75 Å². The molecule has 2 aliphatic rings. The van der Waals surface area contributed by atoms with Gasteiger partial charge in [-0.3, -0.25) is 14.2 Å². The van der Waals surface area contributed by atoms with Crippen LogP contribution in [0.2, 0.25) is 0 Å². The molecule has 2 fully saturated rings. The van der Waals surface area contributed by atoms with Gasteiger partial charge in [-0.2, -0.15) is 0 Å². The number of fused-ring (bicyclic) bond motifs is 1. The molecule has 0 unspecified atom stereocenters. The van der Waals surface area contributed by atoms with Crippen LogP contribution in [0.4, 0.5) is 11.4 Å². The van der Waals surface area contributed by atoms with Crippen LogP contribution in [0, 0.1) is 12.8 Å². The molecular formula is C27H33N5O5. The van der Waals surface area contributed by atoms with Gasteiger partial charge in [0.1, 0.15) is 5.75 Å². The van der Waals surface area contributed by atoms with Gasteiger partial charge in [-0.05, 0) is 62.8 Å². The molecule has 2 heterocycles. The van der Waals surface area contributed by atoms with Gasteiger partial charge in [0.05, 0.1) is 36.0 Å². The molecule has 5 rings (SSSR count). The highest BCUT2D eigenvalue weighted by atomic mass is 16.5. The average molecular weight is 508 g/mol. The molecule has 0 spiro atoms. The Labute approximate surface area is 214 Å². The number of aliphatic hydroxyl groups is 1. The second-order valence-electron chi connectivity index (χ2n) is 10.0. The fraction of sp³-hybridized carbons (Fsp3) is 0.444. The Kier molecular flexibility index (Phi) is 7.03. The number of rotatable bonds is 6. The first-order chi connectivity index (χ1) is 17.8. The summed E-state index contributed by atoms with van der Waals surface area (Å²) in [5, 5.41) is 18.6. The van der Waals surface area contributed by atoms with E-state index in [4.69, 9.17) is 4.74 Å². The molecule has 10 nitrogen and oxygen atoms in total. The number of amides is 2. The standard InChI is InChI=1S/C27H33N5O5/c1-15-6-9-17(12-23(15)37-2)29-25(34)16-7-10-18(11-8-16)32-22-5-3-4-20(24(22)31-27(32)36)30-26(35)21-13-19(33)14-28-21/h3-6,9,12,16,18-19,21,28,33H,7-8,10-11,13-14H2,1-2H3,(H,29,34)(H,30,35)(H,31,36)/t16-,18+,19-,21+/m1/s1. The normalized spacial score (nSPS) is 23.6.